The van der Waals surface area contributed by atoms with Crippen molar-refractivity contribution in [3.05, 3.63) is 60.2 Å². The van der Waals surface area contributed by atoms with Gasteiger partial charge in [-0.2, -0.15) is 0 Å². The molecule has 2 radical (unpaired) electrons. The van der Waals surface area contributed by atoms with Gasteiger partial charge in [0, 0.05) is 0 Å². The van der Waals surface area contributed by atoms with Gasteiger partial charge >= 0.3 is 0 Å². The predicted molar refractivity (Wildman–Crippen MR) is 82.4 cm³/mol. The van der Waals surface area contributed by atoms with Gasteiger partial charge in [0.2, 0.25) is 0 Å². The molecule has 0 bridgehead atoms. The normalized spacial score (nSPS) is 18.1. The third-order valence-corrected chi connectivity index (χ3v) is 4.31. The molecule has 1 fully saturated rings. The lowest BCUT2D eigenvalue weighted by Gasteiger charge is -2.34. The maximum Gasteiger partial charge on any atom is 0.0810 e. The molecular formula is C18H19B. The molecule has 0 aromatic heterocycles. The van der Waals surface area contributed by atoms with E-state index in [1.54, 1.807) is 0 Å². The first-order valence-electron chi connectivity index (χ1n) is 7.23. The first-order valence-corrected chi connectivity index (χ1v) is 7.23. The molecule has 0 saturated heterocycles. The Balaban J connectivity index is 1.87. The molecule has 2 aromatic carbocycles. The van der Waals surface area contributed by atoms with Crippen molar-refractivity contribution < 1.29 is 0 Å². The van der Waals surface area contributed by atoms with Gasteiger partial charge in [-0.3, -0.25) is 0 Å². The molecule has 0 aliphatic heterocycles. The molecule has 2 aromatic rings. The van der Waals surface area contributed by atoms with Crippen molar-refractivity contribution in [1.29, 1.82) is 0 Å². The Hall–Kier alpha value is -1.50. The standard InChI is InChI=1S/C18H19B/c19-18(13-5-2-6-14-18)17-11-9-16(10-12-17)15-7-3-1-4-8-15/h1,3-4,7-12H,2,5-6,13-14H2. The minimum atomic E-state index is -0.0898. The quantitative estimate of drug-likeness (QED) is 0.675. The molecule has 0 unspecified atom stereocenters. The average Bonchev–Trinajstić information content (AvgIpc) is 2.49. The Bertz CT molecular complexity index is 521. The molecule has 0 amide bonds. The van der Waals surface area contributed by atoms with E-state index in [-0.39, 0.29) is 5.31 Å². The van der Waals surface area contributed by atoms with Crippen LogP contribution in [0.4, 0.5) is 0 Å². The van der Waals surface area contributed by atoms with Gasteiger partial charge < -0.3 is 0 Å². The van der Waals surface area contributed by atoms with Crippen molar-refractivity contribution in [2.75, 3.05) is 0 Å². The Kier molecular flexibility index (Phi) is 3.46. The summed E-state index contributed by atoms with van der Waals surface area (Å²) >= 11 is 0. The van der Waals surface area contributed by atoms with Gasteiger partial charge in [0.1, 0.15) is 0 Å². The van der Waals surface area contributed by atoms with Crippen molar-refractivity contribution >= 4 is 7.85 Å². The lowest BCUT2D eigenvalue weighted by atomic mass is 9.57. The Morgan fingerprint density at radius 2 is 1.26 bits per heavy atom. The molecule has 1 aliphatic carbocycles. The summed E-state index contributed by atoms with van der Waals surface area (Å²) in [5.74, 6) is 0. The molecule has 0 spiro atoms. The van der Waals surface area contributed by atoms with Crippen LogP contribution in [0, 0.1) is 0 Å². The first-order chi connectivity index (χ1) is 9.28. The zero-order chi connectivity index (χ0) is 13.1. The summed E-state index contributed by atoms with van der Waals surface area (Å²) in [5, 5.41) is -0.0898. The molecule has 1 aliphatic rings. The van der Waals surface area contributed by atoms with Gasteiger partial charge in [0.15, 0.2) is 0 Å². The second kappa shape index (κ2) is 5.24. The lowest BCUT2D eigenvalue weighted by Crippen LogP contribution is -2.29. The van der Waals surface area contributed by atoms with Crippen molar-refractivity contribution in [3.8, 4) is 11.1 Å². The fourth-order valence-corrected chi connectivity index (χ4v) is 3.10. The summed E-state index contributed by atoms with van der Waals surface area (Å²) in [6.45, 7) is 0. The van der Waals surface area contributed by atoms with Crippen LogP contribution in [0.1, 0.15) is 37.7 Å². The van der Waals surface area contributed by atoms with E-state index in [1.165, 1.54) is 36.0 Å². The molecule has 94 valence electrons. The average molecular weight is 246 g/mol. The van der Waals surface area contributed by atoms with Crippen LogP contribution >= 0.6 is 0 Å². The van der Waals surface area contributed by atoms with Crippen molar-refractivity contribution in [3.63, 3.8) is 0 Å². The van der Waals surface area contributed by atoms with E-state index in [4.69, 9.17) is 7.85 Å². The molecule has 0 heterocycles. The van der Waals surface area contributed by atoms with Gasteiger partial charge in [-0.05, 0) is 16.4 Å². The van der Waals surface area contributed by atoms with Crippen LogP contribution in [-0.4, -0.2) is 7.85 Å². The molecule has 1 saturated carbocycles. The summed E-state index contributed by atoms with van der Waals surface area (Å²) < 4.78 is 0. The van der Waals surface area contributed by atoms with E-state index in [2.05, 4.69) is 54.6 Å². The van der Waals surface area contributed by atoms with E-state index >= 15 is 0 Å². The SMILES string of the molecule is [B]C1(c2ccc(-c3ccccc3)cc2)CCCCC1. The van der Waals surface area contributed by atoms with E-state index in [1.807, 2.05) is 0 Å². The Morgan fingerprint density at radius 3 is 1.89 bits per heavy atom. The molecule has 0 atom stereocenters. The van der Waals surface area contributed by atoms with Crippen LogP contribution in [0.25, 0.3) is 11.1 Å². The van der Waals surface area contributed by atoms with E-state index in [9.17, 15) is 0 Å². The van der Waals surface area contributed by atoms with E-state index < -0.39 is 0 Å². The fourth-order valence-electron chi connectivity index (χ4n) is 3.10. The van der Waals surface area contributed by atoms with Crippen LogP contribution in [0.2, 0.25) is 0 Å². The highest BCUT2D eigenvalue weighted by atomic mass is 14.3. The zero-order valence-corrected chi connectivity index (χ0v) is 11.3. The molecule has 19 heavy (non-hydrogen) atoms. The molecule has 0 N–H and O–H groups in total. The number of hydrogen-bond donors (Lipinski definition) is 0. The predicted octanol–water partition coefficient (Wildman–Crippen LogP) is 4.68. The number of rotatable bonds is 2. The van der Waals surface area contributed by atoms with Crippen LogP contribution in [-0.2, 0) is 5.31 Å². The first kappa shape index (κ1) is 12.5. The number of benzene rings is 2. The molecule has 0 nitrogen and oxygen atoms in total. The van der Waals surface area contributed by atoms with Crippen LogP contribution in [0.5, 0.6) is 0 Å². The molecular weight excluding hydrogens is 227 g/mol. The highest BCUT2D eigenvalue weighted by Crippen LogP contribution is 2.37. The minimum absolute atomic E-state index is 0.0898. The van der Waals surface area contributed by atoms with E-state index in [0.717, 1.165) is 12.8 Å². The summed E-state index contributed by atoms with van der Waals surface area (Å²) in [6, 6.07) is 19.3. The largest absolute Gasteiger partial charge is 0.0810 e. The van der Waals surface area contributed by atoms with Crippen LogP contribution in [0.15, 0.2) is 54.6 Å². The zero-order valence-electron chi connectivity index (χ0n) is 11.3. The van der Waals surface area contributed by atoms with Crippen molar-refractivity contribution in [1.82, 2.24) is 0 Å². The Morgan fingerprint density at radius 1 is 0.684 bits per heavy atom. The maximum absolute atomic E-state index is 6.57. The van der Waals surface area contributed by atoms with Gasteiger partial charge in [0.25, 0.3) is 0 Å². The number of hydrogen-bond acceptors (Lipinski definition) is 0. The van der Waals surface area contributed by atoms with Gasteiger partial charge in [0.05, 0.1) is 7.85 Å². The van der Waals surface area contributed by atoms with Crippen molar-refractivity contribution in [2.45, 2.75) is 37.4 Å². The van der Waals surface area contributed by atoms with E-state index in [0.29, 0.717) is 0 Å². The second-order valence-corrected chi connectivity index (χ2v) is 5.66. The molecule has 1 heteroatoms. The van der Waals surface area contributed by atoms with Gasteiger partial charge in [-0.1, -0.05) is 92.3 Å². The van der Waals surface area contributed by atoms with Crippen LogP contribution < -0.4 is 0 Å². The van der Waals surface area contributed by atoms with Crippen LogP contribution in [0.3, 0.4) is 0 Å². The maximum atomic E-state index is 6.57. The monoisotopic (exact) mass is 246 g/mol. The summed E-state index contributed by atoms with van der Waals surface area (Å²) in [5.41, 5.74) is 3.83. The van der Waals surface area contributed by atoms with Gasteiger partial charge in [-0.15, -0.1) is 0 Å². The summed E-state index contributed by atoms with van der Waals surface area (Å²) in [6.07, 6.45) is 6.10. The lowest BCUT2D eigenvalue weighted by molar-refractivity contribution is 0.398. The third kappa shape index (κ3) is 2.61. The molecule has 3 rings (SSSR count). The summed E-state index contributed by atoms with van der Waals surface area (Å²) in [4.78, 5) is 0. The fraction of sp³-hybridized carbons (Fsp3) is 0.333. The second-order valence-electron chi connectivity index (χ2n) is 5.66. The smallest absolute Gasteiger partial charge is 0.0622 e. The highest BCUT2D eigenvalue weighted by Gasteiger charge is 2.27. The minimum Gasteiger partial charge on any atom is -0.0622 e. The van der Waals surface area contributed by atoms with Gasteiger partial charge in [-0.25, -0.2) is 0 Å². The third-order valence-electron chi connectivity index (χ3n) is 4.31. The topological polar surface area (TPSA) is 0 Å². The Labute approximate surface area is 117 Å². The summed E-state index contributed by atoms with van der Waals surface area (Å²) in [7, 11) is 6.57. The highest BCUT2D eigenvalue weighted by molar-refractivity contribution is 6.16. The van der Waals surface area contributed by atoms with Crippen molar-refractivity contribution in [2.24, 2.45) is 0 Å².